The van der Waals surface area contributed by atoms with Crippen LogP contribution in [-0.4, -0.2) is 13.1 Å². The first-order valence-electron chi connectivity index (χ1n) is 4.94. The molecule has 0 spiro atoms. The van der Waals surface area contributed by atoms with Gasteiger partial charge in [-0.2, -0.15) is 0 Å². The van der Waals surface area contributed by atoms with Crippen LogP contribution in [0.1, 0.15) is 18.4 Å². The topological polar surface area (TPSA) is 38.0 Å². The van der Waals surface area contributed by atoms with Crippen LogP contribution >= 0.6 is 0 Å². The van der Waals surface area contributed by atoms with Gasteiger partial charge < -0.3 is 11.1 Å². The highest BCUT2D eigenvalue weighted by Gasteiger charge is 1.97. The van der Waals surface area contributed by atoms with Crippen LogP contribution in [0.3, 0.4) is 0 Å². The van der Waals surface area contributed by atoms with Gasteiger partial charge in [0.25, 0.3) is 0 Å². The van der Waals surface area contributed by atoms with Crippen LogP contribution in [0, 0.1) is 12.7 Å². The predicted molar refractivity (Wildman–Crippen MR) is 57.9 cm³/mol. The predicted octanol–water partition coefficient (Wildman–Crippen LogP) is 2.28. The maximum absolute atomic E-state index is 12.9. The molecule has 14 heavy (non-hydrogen) atoms. The third-order valence-corrected chi connectivity index (χ3v) is 2.12. The Hall–Kier alpha value is -1.09. The number of rotatable bonds is 5. The van der Waals surface area contributed by atoms with E-state index < -0.39 is 0 Å². The lowest BCUT2D eigenvalue weighted by Crippen LogP contribution is -2.05. The van der Waals surface area contributed by atoms with Gasteiger partial charge in [-0.15, -0.1) is 0 Å². The molecule has 0 aliphatic heterocycles. The molecular formula is C11H17FN2. The first-order valence-corrected chi connectivity index (χ1v) is 4.94. The zero-order valence-corrected chi connectivity index (χ0v) is 8.52. The second-order valence-electron chi connectivity index (χ2n) is 3.39. The second kappa shape index (κ2) is 5.60. The number of nitrogens with two attached hydrogens (primary N) is 1. The van der Waals surface area contributed by atoms with E-state index in [2.05, 4.69) is 5.32 Å². The highest BCUT2D eigenvalue weighted by atomic mass is 19.1. The third-order valence-electron chi connectivity index (χ3n) is 2.12. The molecule has 2 nitrogen and oxygen atoms in total. The van der Waals surface area contributed by atoms with Gasteiger partial charge in [-0.1, -0.05) is 0 Å². The largest absolute Gasteiger partial charge is 0.385 e. The molecule has 0 atom stereocenters. The van der Waals surface area contributed by atoms with Crippen LogP contribution in [0.15, 0.2) is 18.2 Å². The normalized spacial score (nSPS) is 10.2. The Kier molecular flexibility index (Phi) is 4.40. The Morgan fingerprint density at radius 1 is 1.36 bits per heavy atom. The molecule has 0 radical (unpaired) electrons. The lowest BCUT2D eigenvalue weighted by atomic mass is 10.2. The number of hydrogen-bond donors (Lipinski definition) is 2. The highest BCUT2D eigenvalue weighted by molar-refractivity contribution is 5.45. The molecule has 0 aliphatic rings. The minimum Gasteiger partial charge on any atom is -0.385 e. The lowest BCUT2D eigenvalue weighted by Gasteiger charge is -2.06. The van der Waals surface area contributed by atoms with Crippen molar-refractivity contribution >= 4 is 5.69 Å². The Bertz CT molecular complexity index is 287. The fourth-order valence-electron chi connectivity index (χ4n) is 1.26. The monoisotopic (exact) mass is 196 g/mol. The van der Waals surface area contributed by atoms with Crippen molar-refractivity contribution in [1.29, 1.82) is 0 Å². The molecule has 78 valence electrons. The van der Waals surface area contributed by atoms with Gasteiger partial charge in [0, 0.05) is 12.2 Å². The molecule has 0 bridgehead atoms. The highest BCUT2D eigenvalue weighted by Crippen LogP contribution is 2.13. The Morgan fingerprint density at radius 3 is 2.79 bits per heavy atom. The van der Waals surface area contributed by atoms with E-state index in [9.17, 15) is 4.39 Å². The smallest absolute Gasteiger partial charge is 0.126 e. The molecule has 0 heterocycles. The number of nitrogens with one attached hydrogen (secondary N) is 1. The van der Waals surface area contributed by atoms with Crippen molar-refractivity contribution in [1.82, 2.24) is 0 Å². The van der Waals surface area contributed by atoms with Gasteiger partial charge in [0.1, 0.15) is 5.82 Å². The number of hydrogen-bond acceptors (Lipinski definition) is 2. The summed E-state index contributed by atoms with van der Waals surface area (Å²) in [4.78, 5) is 0. The molecular weight excluding hydrogens is 179 g/mol. The van der Waals surface area contributed by atoms with E-state index in [1.807, 2.05) is 6.07 Å². The Labute approximate surface area is 84.3 Å². The number of anilines is 1. The molecule has 3 heteroatoms. The quantitative estimate of drug-likeness (QED) is 0.709. The summed E-state index contributed by atoms with van der Waals surface area (Å²) in [5, 5.41) is 3.23. The zero-order valence-electron chi connectivity index (χ0n) is 8.52. The average molecular weight is 196 g/mol. The van der Waals surface area contributed by atoms with Crippen LogP contribution in [0.4, 0.5) is 10.1 Å². The first kappa shape index (κ1) is 11.0. The SMILES string of the molecule is Cc1cc(NCCCCN)ccc1F. The molecule has 0 amide bonds. The van der Waals surface area contributed by atoms with Crippen LogP contribution in [0.5, 0.6) is 0 Å². The van der Waals surface area contributed by atoms with E-state index in [4.69, 9.17) is 5.73 Å². The van der Waals surface area contributed by atoms with Crippen molar-refractivity contribution in [2.75, 3.05) is 18.4 Å². The summed E-state index contributed by atoms with van der Waals surface area (Å²) in [5.74, 6) is -0.155. The van der Waals surface area contributed by atoms with Crippen LogP contribution in [-0.2, 0) is 0 Å². The minimum absolute atomic E-state index is 0.155. The molecule has 0 aliphatic carbocycles. The summed E-state index contributed by atoms with van der Waals surface area (Å²) in [5.41, 5.74) is 7.02. The van der Waals surface area contributed by atoms with Gasteiger partial charge in [0.15, 0.2) is 0 Å². The summed E-state index contributed by atoms with van der Waals surface area (Å²) in [6.45, 7) is 3.38. The lowest BCUT2D eigenvalue weighted by molar-refractivity contribution is 0.618. The fraction of sp³-hybridized carbons (Fsp3) is 0.455. The number of aryl methyl sites for hydroxylation is 1. The van der Waals surface area contributed by atoms with E-state index in [1.165, 1.54) is 6.07 Å². The van der Waals surface area contributed by atoms with Gasteiger partial charge in [0.2, 0.25) is 0 Å². The summed E-state index contributed by atoms with van der Waals surface area (Å²) >= 11 is 0. The fourth-order valence-corrected chi connectivity index (χ4v) is 1.26. The molecule has 3 N–H and O–H groups in total. The summed E-state index contributed by atoms with van der Waals surface area (Å²) in [7, 11) is 0. The molecule has 1 aromatic rings. The maximum Gasteiger partial charge on any atom is 0.126 e. The number of unbranched alkanes of at least 4 members (excludes halogenated alkanes) is 1. The first-order chi connectivity index (χ1) is 6.74. The summed E-state index contributed by atoms with van der Waals surface area (Å²) in [6, 6.07) is 5.06. The molecule has 1 aromatic carbocycles. The zero-order chi connectivity index (χ0) is 10.4. The van der Waals surface area contributed by atoms with Gasteiger partial charge in [0.05, 0.1) is 0 Å². The molecule has 0 fully saturated rings. The molecule has 0 unspecified atom stereocenters. The van der Waals surface area contributed by atoms with E-state index in [0.717, 1.165) is 31.6 Å². The maximum atomic E-state index is 12.9. The molecule has 1 rings (SSSR count). The van der Waals surface area contributed by atoms with Gasteiger partial charge in [-0.3, -0.25) is 0 Å². The van der Waals surface area contributed by atoms with Crippen molar-refractivity contribution < 1.29 is 4.39 Å². The minimum atomic E-state index is -0.155. The second-order valence-corrected chi connectivity index (χ2v) is 3.39. The summed E-state index contributed by atoms with van der Waals surface area (Å²) in [6.07, 6.45) is 2.07. The van der Waals surface area contributed by atoms with Crippen molar-refractivity contribution in [2.45, 2.75) is 19.8 Å². The Balaban J connectivity index is 2.39. The summed E-state index contributed by atoms with van der Waals surface area (Å²) < 4.78 is 12.9. The Morgan fingerprint density at radius 2 is 2.14 bits per heavy atom. The standard InChI is InChI=1S/C11H17FN2/c1-9-8-10(4-5-11(9)12)14-7-3-2-6-13/h4-5,8,14H,2-3,6-7,13H2,1H3. The van der Waals surface area contributed by atoms with Crippen LogP contribution < -0.4 is 11.1 Å². The third kappa shape index (κ3) is 3.34. The van der Waals surface area contributed by atoms with E-state index >= 15 is 0 Å². The van der Waals surface area contributed by atoms with E-state index in [0.29, 0.717) is 5.56 Å². The van der Waals surface area contributed by atoms with E-state index in [1.54, 1.807) is 13.0 Å². The van der Waals surface area contributed by atoms with Gasteiger partial charge in [-0.05, 0) is 50.1 Å². The molecule has 0 aromatic heterocycles. The van der Waals surface area contributed by atoms with Crippen LogP contribution in [0.2, 0.25) is 0 Å². The molecule has 0 saturated heterocycles. The van der Waals surface area contributed by atoms with Crippen molar-refractivity contribution in [3.05, 3.63) is 29.6 Å². The van der Waals surface area contributed by atoms with Crippen molar-refractivity contribution in [3.63, 3.8) is 0 Å². The van der Waals surface area contributed by atoms with Crippen molar-refractivity contribution in [3.8, 4) is 0 Å². The average Bonchev–Trinajstić information content (AvgIpc) is 2.18. The number of halogens is 1. The van der Waals surface area contributed by atoms with Gasteiger partial charge in [-0.25, -0.2) is 4.39 Å². The van der Waals surface area contributed by atoms with E-state index in [-0.39, 0.29) is 5.82 Å². The van der Waals surface area contributed by atoms with Crippen molar-refractivity contribution in [2.24, 2.45) is 5.73 Å². The van der Waals surface area contributed by atoms with Crippen LogP contribution in [0.25, 0.3) is 0 Å². The van der Waals surface area contributed by atoms with Gasteiger partial charge >= 0.3 is 0 Å². The number of benzene rings is 1. The molecule has 0 saturated carbocycles.